The summed E-state index contributed by atoms with van der Waals surface area (Å²) < 4.78 is 18.3. The van der Waals surface area contributed by atoms with Gasteiger partial charge in [0, 0.05) is 22.9 Å². The molecule has 1 aliphatic heterocycles. The van der Waals surface area contributed by atoms with Crippen molar-refractivity contribution in [2.24, 2.45) is 23.7 Å². The number of benzene rings is 2. The molecule has 0 aromatic heterocycles. The summed E-state index contributed by atoms with van der Waals surface area (Å²) in [6.45, 7) is 0. The van der Waals surface area contributed by atoms with Gasteiger partial charge in [-0.25, -0.2) is 4.39 Å². The number of fused-ring (bicyclic) bond motifs is 1. The SMILES string of the molecule is O=C(Nc1ccc(F)cc1)c1ccc(NC(=O)[C@@H]2[C@H]3C[C@@H]4[C@@H]2C(=O)O[C@@H]4C3)cc1. The van der Waals surface area contributed by atoms with Gasteiger partial charge in [-0.3, -0.25) is 14.4 Å². The predicted octanol–water partition coefficient (Wildman–Crippen LogP) is 3.21. The smallest absolute Gasteiger partial charge is 0.310 e. The Bertz CT molecular complexity index is 987. The second-order valence-corrected chi connectivity index (χ2v) is 7.95. The molecule has 7 heteroatoms. The molecular weight excluding hydrogens is 375 g/mol. The lowest BCUT2D eigenvalue weighted by Crippen LogP contribution is -2.35. The Morgan fingerprint density at radius 3 is 2.31 bits per heavy atom. The van der Waals surface area contributed by atoms with Gasteiger partial charge in [-0.1, -0.05) is 0 Å². The van der Waals surface area contributed by atoms with Crippen molar-refractivity contribution in [2.45, 2.75) is 18.9 Å². The molecule has 2 N–H and O–H groups in total. The third-order valence-electron chi connectivity index (χ3n) is 6.30. The molecule has 5 atom stereocenters. The highest BCUT2D eigenvalue weighted by Gasteiger charge is 2.63. The number of anilines is 2. The molecule has 6 nitrogen and oxygen atoms in total. The van der Waals surface area contributed by atoms with E-state index < -0.39 is 0 Å². The molecule has 29 heavy (non-hydrogen) atoms. The first-order valence-electron chi connectivity index (χ1n) is 9.68. The first-order valence-corrected chi connectivity index (χ1v) is 9.68. The number of ether oxygens (including phenoxy) is 1. The maximum Gasteiger partial charge on any atom is 0.310 e. The summed E-state index contributed by atoms with van der Waals surface area (Å²) in [4.78, 5) is 37.2. The van der Waals surface area contributed by atoms with Crippen LogP contribution in [0.1, 0.15) is 23.2 Å². The lowest BCUT2D eigenvalue weighted by molar-refractivity contribution is -0.145. The van der Waals surface area contributed by atoms with Crippen LogP contribution in [0.25, 0.3) is 0 Å². The number of carbonyl (C=O) groups excluding carboxylic acids is 3. The monoisotopic (exact) mass is 394 g/mol. The molecule has 5 rings (SSSR count). The maximum absolute atomic E-state index is 13.0. The largest absolute Gasteiger partial charge is 0.462 e. The fraction of sp³-hybridized carbons (Fsp3) is 0.318. The Hall–Kier alpha value is -3.22. The van der Waals surface area contributed by atoms with Crippen LogP contribution >= 0.6 is 0 Å². The molecule has 1 saturated heterocycles. The minimum atomic E-state index is -0.375. The van der Waals surface area contributed by atoms with Crippen molar-refractivity contribution in [3.05, 3.63) is 59.9 Å². The zero-order valence-electron chi connectivity index (χ0n) is 15.4. The zero-order chi connectivity index (χ0) is 20.1. The highest BCUT2D eigenvalue weighted by atomic mass is 19.1. The van der Waals surface area contributed by atoms with Crippen molar-refractivity contribution >= 4 is 29.2 Å². The van der Waals surface area contributed by atoms with E-state index in [0.717, 1.165) is 12.8 Å². The van der Waals surface area contributed by atoms with Gasteiger partial charge in [-0.05, 0) is 67.3 Å². The summed E-state index contributed by atoms with van der Waals surface area (Å²) in [5.41, 5.74) is 1.47. The molecular formula is C22H19FN2O4. The summed E-state index contributed by atoms with van der Waals surface area (Å²) >= 11 is 0. The van der Waals surface area contributed by atoms with Crippen molar-refractivity contribution < 1.29 is 23.5 Å². The molecule has 3 aliphatic rings. The molecule has 3 fully saturated rings. The van der Waals surface area contributed by atoms with Crippen molar-refractivity contribution in [3.8, 4) is 0 Å². The van der Waals surface area contributed by atoms with Crippen LogP contribution in [-0.2, 0) is 14.3 Å². The van der Waals surface area contributed by atoms with E-state index in [1.165, 1.54) is 24.3 Å². The van der Waals surface area contributed by atoms with E-state index in [-0.39, 0.29) is 53.4 Å². The Morgan fingerprint density at radius 1 is 0.931 bits per heavy atom. The van der Waals surface area contributed by atoms with Gasteiger partial charge in [0.25, 0.3) is 5.91 Å². The summed E-state index contributed by atoms with van der Waals surface area (Å²) in [6, 6.07) is 12.0. The quantitative estimate of drug-likeness (QED) is 0.780. The van der Waals surface area contributed by atoms with Crippen LogP contribution in [0.5, 0.6) is 0 Å². The standard InChI is InChI=1S/C22H19FN2O4/c23-13-3-7-15(8-4-13)24-20(26)11-1-5-14(6-2-11)25-21(27)18-12-9-16-17(10-12)29-22(28)19(16)18/h1-8,12,16-19H,9-10H2,(H,24,26)(H,25,27)/t12-,16-,17+,18+,19-/m0/s1. The molecule has 2 saturated carbocycles. The number of hydrogen-bond donors (Lipinski definition) is 2. The number of nitrogens with one attached hydrogen (secondary N) is 2. The minimum Gasteiger partial charge on any atom is -0.462 e. The fourth-order valence-corrected chi connectivity index (χ4v) is 5.03. The summed E-state index contributed by atoms with van der Waals surface area (Å²) in [5.74, 6) is -1.39. The Kier molecular flexibility index (Phi) is 4.12. The predicted molar refractivity (Wildman–Crippen MR) is 102 cm³/mol. The Morgan fingerprint density at radius 2 is 1.59 bits per heavy atom. The van der Waals surface area contributed by atoms with Gasteiger partial charge < -0.3 is 15.4 Å². The number of amides is 2. The van der Waals surface area contributed by atoms with Crippen LogP contribution in [0.2, 0.25) is 0 Å². The lowest BCUT2D eigenvalue weighted by atomic mass is 9.79. The van der Waals surface area contributed by atoms with E-state index in [2.05, 4.69) is 10.6 Å². The van der Waals surface area contributed by atoms with Crippen molar-refractivity contribution in [3.63, 3.8) is 0 Å². The third kappa shape index (κ3) is 3.06. The number of halogens is 1. The molecule has 2 aliphatic carbocycles. The normalized spacial score (nSPS) is 28.9. The van der Waals surface area contributed by atoms with Crippen molar-refractivity contribution in [2.75, 3.05) is 10.6 Å². The molecule has 2 bridgehead atoms. The molecule has 148 valence electrons. The molecule has 0 spiro atoms. The first-order chi connectivity index (χ1) is 14.0. The van der Waals surface area contributed by atoms with Gasteiger partial charge in [0.1, 0.15) is 11.9 Å². The van der Waals surface area contributed by atoms with Crippen LogP contribution in [0.15, 0.2) is 48.5 Å². The maximum atomic E-state index is 13.0. The van der Waals surface area contributed by atoms with Crippen LogP contribution in [0, 0.1) is 29.5 Å². The van der Waals surface area contributed by atoms with E-state index in [0.29, 0.717) is 16.9 Å². The van der Waals surface area contributed by atoms with Crippen LogP contribution in [0.4, 0.5) is 15.8 Å². The second kappa shape index (κ2) is 6.69. The average Bonchev–Trinajstić information content (AvgIpc) is 3.33. The fourth-order valence-electron chi connectivity index (χ4n) is 5.03. The summed E-state index contributed by atoms with van der Waals surface area (Å²) in [7, 11) is 0. The zero-order valence-corrected chi connectivity index (χ0v) is 15.4. The number of carbonyl (C=O) groups is 3. The lowest BCUT2D eigenvalue weighted by Gasteiger charge is -2.23. The van der Waals surface area contributed by atoms with Gasteiger partial charge in [-0.15, -0.1) is 0 Å². The summed E-state index contributed by atoms with van der Waals surface area (Å²) in [6.07, 6.45) is 1.65. The van der Waals surface area contributed by atoms with Crippen LogP contribution < -0.4 is 10.6 Å². The van der Waals surface area contributed by atoms with Gasteiger partial charge in [0.15, 0.2) is 0 Å². The minimum absolute atomic E-state index is 0.000420. The van der Waals surface area contributed by atoms with Gasteiger partial charge in [-0.2, -0.15) is 0 Å². The Labute approximate surface area is 166 Å². The van der Waals surface area contributed by atoms with E-state index in [1.54, 1.807) is 24.3 Å². The molecule has 0 radical (unpaired) electrons. The highest BCUT2D eigenvalue weighted by Crippen LogP contribution is 2.57. The van der Waals surface area contributed by atoms with Crippen LogP contribution in [0.3, 0.4) is 0 Å². The van der Waals surface area contributed by atoms with Crippen molar-refractivity contribution in [1.82, 2.24) is 0 Å². The molecule has 0 unspecified atom stereocenters. The van der Waals surface area contributed by atoms with Gasteiger partial charge in [0.2, 0.25) is 5.91 Å². The van der Waals surface area contributed by atoms with Crippen molar-refractivity contribution in [1.29, 1.82) is 0 Å². The number of esters is 1. The van der Waals surface area contributed by atoms with E-state index in [4.69, 9.17) is 4.74 Å². The van der Waals surface area contributed by atoms with Gasteiger partial charge >= 0.3 is 5.97 Å². The molecule has 1 heterocycles. The van der Waals surface area contributed by atoms with Crippen LogP contribution in [-0.4, -0.2) is 23.9 Å². The topological polar surface area (TPSA) is 84.5 Å². The molecule has 2 aromatic rings. The summed E-state index contributed by atoms with van der Waals surface area (Å²) in [5, 5.41) is 5.56. The molecule has 2 amide bonds. The second-order valence-electron chi connectivity index (χ2n) is 7.95. The number of rotatable bonds is 4. The third-order valence-corrected chi connectivity index (χ3v) is 6.30. The number of hydrogen-bond acceptors (Lipinski definition) is 4. The Balaban J connectivity index is 1.24. The first kappa shape index (κ1) is 17.8. The highest BCUT2D eigenvalue weighted by molar-refractivity contribution is 6.04. The van der Waals surface area contributed by atoms with Gasteiger partial charge in [0.05, 0.1) is 11.8 Å². The van der Waals surface area contributed by atoms with E-state index in [1.807, 2.05) is 0 Å². The van der Waals surface area contributed by atoms with E-state index >= 15 is 0 Å². The average molecular weight is 394 g/mol. The van der Waals surface area contributed by atoms with E-state index in [9.17, 15) is 18.8 Å². The molecule has 2 aromatic carbocycles.